The van der Waals surface area contributed by atoms with Crippen LogP contribution >= 0.6 is 12.4 Å². The zero-order valence-electron chi connectivity index (χ0n) is 12.6. The standard InChI is InChI=1S/C15H21N3O3.ClH/c1-11-10-13(7-9-16-11)15(19)17-8-6-12-2-4-14(5-3-12)18(20)21;/h2-5,11,13,16H,6-10H2,1H3,(H,17,19);1H/t11-,13-;/m0./s1. The molecule has 6 nitrogen and oxygen atoms in total. The van der Waals surface area contributed by atoms with E-state index in [4.69, 9.17) is 0 Å². The van der Waals surface area contributed by atoms with Crippen molar-refractivity contribution in [1.82, 2.24) is 10.6 Å². The Labute approximate surface area is 136 Å². The molecular formula is C15H22ClN3O3. The normalized spacial score (nSPS) is 20.8. The number of rotatable bonds is 5. The molecule has 1 aliphatic heterocycles. The molecule has 0 bridgehead atoms. The second-order valence-corrected chi connectivity index (χ2v) is 5.54. The van der Waals surface area contributed by atoms with E-state index in [1.54, 1.807) is 12.1 Å². The fourth-order valence-corrected chi connectivity index (χ4v) is 2.63. The molecule has 1 heterocycles. The van der Waals surface area contributed by atoms with Crippen molar-refractivity contribution in [2.24, 2.45) is 5.92 Å². The number of nitro benzene ring substituents is 1. The van der Waals surface area contributed by atoms with E-state index in [1.807, 2.05) is 0 Å². The number of carbonyl (C=O) groups excluding carboxylic acids is 1. The van der Waals surface area contributed by atoms with E-state index < -0.39 is 4.92 Å². The second kappa shape index (κ2) is 8.70. The van der Waals surface area contributed by atoms with Gasteiger partial charge >= 0.3 is 0 Å². The van der Waals surface area contributed by atoms with E-state index in [1.165, 1.54) is 12.1 Å². The molecule has 122 valence electrons. The summed E-state index contributed by atoms with van der Waals surface area (Å²) in [4.78, 5) is 22.2. The van der Waals surface area contributed by atoms with Gasteiger partial charge < -0.3 is 10.6 Å². The van der Waals surface area contributed by atoms with Gasteiger partial charge in [-0.25, -0.2) is 0 Å². The average molecular weight is 328 g/mol. The largest absolute Gasteiger partial charge is 0.356 e. The van der Waals surface area contributed by atoms with E-state index >= 15 is 0 Å². The number of amides is 1. The van der Waals surface area contributed by atoms with Crippen LogP contribution in [0, 0.1) is 16.0 Å². The monoisotopic (exact) mass is 327 g/mol. The number of nitro groups is 1. The molecule has 0 saturated carbocycles. The SMILES string of the molecule is C[C@H]1C[C@@H](C(=O)NCCc2ccc([N+](=O)[O-])cc2)CCN1.Cl. The summed E-state index contributed by atoms with van der Waals surface area (Å²) in [6, 6.07) is 6.84. The first kappa shape index (κ1) is 18.4. The minimum atomic E-state index is -0.413. The number of nitrogens with zero attached hydrogens (tertiary/aromatic N) is 1. The zero-order valence-corrected chi connectivity index (χ0v) is 13.4. The quantitative estimate of drug-likeness (QED) is 0.640. The molecule has 22 heavy (non-hydrogen) atoms. The summed E-state index contributed by atoms with van der Waals surface area (Å²) < 4.78 is 0. The molecule has 2 atom stereocenters. The highest BCUT2D eigenvalue weighted by Crippen LogP contribution is 2.16. The number of halogens is 1. The fourth-order valence-electron chi connectivity index (χ4n) is 2.63. The minimum Gasteiger partial charge on any atom is -0.356 e. The molecule has 0 spiro atoms. The van der Waals surface area contributed by atoms with Crippen molar-refractivity contribution in [2.75, 3.05) is 13.1 Å². The molecule has 0 aromatic heterocycles. The summed E-state index contributed by atoms with van der Waals surface area (Å²) in [5.41, 5.74) is 1.08. The molecule has 1 amide bonds. The van der Waals surface area contributed by atoms with Crippen LogP contribution in [-0.4, -0.2) is 30.0 Å². The lowest BCUT2D eigenvalue weighted by atomic mass is 9.92. The molecule has 0 aliphatic carbocycles. The highest BCUT2D eigenvalue weighted by atomic mass is 35.5. The van der Waals surface area contributed by atoms with Gasteiger partial charge in [0.05, 0.1) is 4.92 Å². The highest BCUT2D eigenvalue weighted by Gasteiger charge is 2.24. The van der Waals surface area contributed by atoms with Crippen molar-refractivity contribution in [3.05, 3.63) is 39.9 Å². The Morgan fingerprint density at radius 3 is 2.68 bits per heavy atom. The van der Waals surface area contributed by atoms with Crippen LogP contribution in [0.5, 0.6) is 0 Å². The van der Waals surface area contributed by atoms with Crippen molar-refractivity contribution in [3.8, 4) is 0 Å². The third-order valence-electron chi connectivity index (χ3n) is 3.85. The Kier molecular flexibility index (Phi) is 7.27. The van der Waals surface area contributed by atoms with Crippen LogP contribution in [0.15, 0.2) is 24.3 Å². The Morgan fingerprint density at radius 1 is 1.41 bits per heavy atom. The number of nitrogens with one attached hydrogen (secondary N) is 2. The predicted octanol–water partition coefficient (Wildman–Crippen LogP) is 2.06. The van der Waals surface area contributed by atoms with E-state index in [0.29, 0.717) is 19.0 Å². The van der Waals surface area contributed by atoms with Crippen LogP contribution in [0.2, 0.25) is 0 Å². The molecule has 2 N–H and O–H groups in total. The highest BCUT2D eigenvalue weighted by molar-refractivity contribution is 5.85. The Bertz CT molecular complexity index is 507. The van der Waals surface area contributed by atoms with Crippen LogP contribution in [0.4, 0.5) is 5.69 Å². The van der Waals surface area contributed by atoms with Gasteiger partial charge in [-0.2, -0.15) is 0 Å². The molecule has 2 rings (SSSR count). The lowest BCUT2D eigenvalue weighted by Gasteiger charge is -2.27. The van der Waals surface area contributed by atoms with Crippen LogP contribution in [-0.2, 0) is 11.2 Å². The van der Waals surface area contributed by atoms with E-state index in [2.05, 4.69) is 17.6 Å². The summed E-state index contributed by atoms with van der Waals surface area (Å²) in [5, 5.41) is 16.8. The number of piperidine rings is 1. The lowest BCUT2D eigenvalue weighted by molar-refractivity contribution is -0.384. The summed E-state index contributed by atoms with van der Waals surface area (Å²) in [6.45, 7) is 3.55. The summed E-state index contributed by atoms with van der Waals surface area (Å²) in [6.07, 6.45) is 2.45. The third kappa shape index (κ3) is 5.27. The van der Waals surface area contributed by atoms with Gasteiger partial charge in [-0.05, 0) is 38.3 Å². The number of benzene rings is 1. The number of carbonyl (C=O) groups is 1. The van der Waals surface area contributed by atoms with E-state index in [0.717, 1.165) is 24.9 Å². The topological polar surface area (TPSA) is 84.3 Å². The second-order valence-electron chi connectivity index (χ2n) is 5.54. The number of hydrogen-bond donors (Lipinski definition) is 2. The van der Waals surface area contributed by atoms with Gasteiger partial charge in [0.1, 0.15) is 0 Å². The van der Waals surface area contributed by atoms with E-state index in [9.17, 15) is 14.9 Å². The fraction of sp³-hybridized carbons (Fsp3) is 0.533. The molecule has 0 unspecified atom stereocenters. The molecule has 7 heteroatoms. The minimum absolute atomic E-state index is 0. The Morgan fingerprint density at radius 2 is 2.09 bits per heavy atom. The van der Waals surface area contributed by atoms with Crippen LogP contribution in [0.3, 0.4) is 0 Å². The summed E-state index contributed by atoms with van der Waals surface area (Å²) >= 11 is 0. The number of hydrogen-bond acceptors (Lipinski definition) is 4. The van der Waals surface area contributed by atoms with Crippen LogP contribution in [0.25, 0.3) is 0 Å². The van der Waals surface area contributed by atoms with Crippen molar-refractivity contribution in [1.29, 1.82) is 0 Å². The summed E-state index contributed by atoms with van der Waals surface area (Å²) in [7, 11) is 0. The maximum atomic E-state index is 12.0. The lowest BCUT2D eigenvalue weighted by Crippen LogP contribution is -2.42. The van der Waals surface area contributed by atoms with Gasteiger partial charge in [0.25, 0.3) is 5.69 Å². The molecule has 1 aromatic carbocycles. The molecule has 0 radical (unpaired) electrons. The first-order valence-corrected chi connectivity index (χ1v) is 7.30. The van der Waals surface area contributed by atoms with E-state index in [-0.39, 0.29) is 29.9 Å². The van der Waals surface area contributed by atoms with Gasteiger partial charge in [0.15, 0.2) is 0 Å². The summed E-state index contributed by atoms with van der Waals surface area (Å²) in [5.74, 6) is 0.211. The maximum absolute atomic E-state index is 12.0. The third-order valence-corrected chi connectivity index (χ3v) is 3.85. The van der Waals surface area contributed by atoms with Crippen molar-refractivity contribution in [3.63, 3.8) is 0 Å². The zero-order chi connectivity index (χ0) is 15.2. The first-order chi connectivity index (χ1) is 10.1. The van der Waals surface area contributed by atoms with Gasteiger partial charge in [-0.1, -0.05) is 12.1 Å². The van der Waals surface area contributed by atoms with Crippen molar-refractivity contribution < 1.29 is 9.72 Å². The molecular weight excluding hydrogens is 306 g/mol. The van der Waals surface area contributed by atoms with Gasteiger partial charge in [0, 0.05) is 30.6 Å². The van der Waals surface area contributed by atoms with Crippen molar-refractivity contribution >= 4 is 24.0 Å². The van der Waals surface area contributed by atoms with Gasteiger partial charge in [-0.3, -0.25) is 14.9 Å². The smallest absolute Gasteiger partial charge is 0.269 e. The molecule has 1 fully saturated rings. The molecule has 1 saturated heterocycles. The Hall–Kier alpha value is -1.66. The predicted molar refractivity (Wildman–Crippen MR) is 87.2 cm³/mol. The maximum Gasteiger partial charge on any atom is 0.269 e. The van der Waals surface area contributed by atoms with Crippen molar-refractivity contribution in [2.45, 2.75) is 32.2 Å². The Balaban J connectivity index is 0.00000242. The number of non-ortho nitro benzene ring substituents is 1. The van der Waals surface area contributed by atoms with Crippen LogP contribution in [0.1, 0.15) is 25.3 Å². The van der Waals surface area contributed by atoms with Gasteiger partial charge in [0.2, 0.25) is 5.91 Å². The van der Waals surface area contributed by atoms with Crippen LogP contribution < -0.4 is 10.6 Å². The average Bonchev–Trinajstić information content (AvgIpc) is 2.47. The first-order valence-electron chi connectivity index (χ1n) is 7.30. The molecule has 1 aliphatic rings. The molecule has 1 aromatic rings. The van der Waals surface area contributed by atoms with Gasteiger partial charge in [-0.15, -0.1) is 12.4 Å².